The van der Waals surface area contributed by atoms with E-state index in [1.165, 1.54) is 6.92 Å². The molecule has 1 atom stereocenters. The summed E-state index contributed by atoms with van der Waals surface area (Å²) in [6.07, 6.45) is -0.299. The summed E-state index contributed by atoms with van der Waals surface area (Å²) in [7, 11) is -3.84. The molecule has 0 spiro atoms. The Hall–Kier alpha value is -2.49. The van der Waals surface area contributed by atoms with Gasteiger partial charge in [-0.2, -0.15) is 0 Å². The number of ether oxygens (including phenoxy) is 1. The second kappa shape index (κ2) is 7.18. The predicted molar refractivity (Wildman–Crippen MR) is 89.0 cm³/mol. The number of amides is 1. The molecule has 0 bridgehead atoms. The van der Waals surface area contributed by atoms with Gasteiger partial charge >= 0.3 is 5.97 Å². The molecule has 0 heterocycles. The quantitative estimate of drug-likeness (QED) is 0.470. The molecule has 138 valence electrons. The summed E-state index contributed by atoms with van der Waals surface area (Å²) in [5.74, 6) is -1.50. The summed E-state index contributed by atoms with van der Waals surface area (Å²) < 4.78 is 28.1. The van der Waals surface area contributed by atoms with Gasteiger partial charge in [0.25, 0.3) is 11.6 Å². The number of benzene rings is 1. The molecular weight excluding hydrogens is 352 g/mol. The van der Waals surface area contributed by atoms with E-state index in [0.29, 0.717) is 0 Å². The molecule has 0 aliphatic carbocycles. The Morgan fingerprint density at radius 3 is 2.28 bits per heavy atom. The average Bonchev–Trinajstić information content (AvgIpc) is 2.43. The molecule has 0 unspecified atom stereocenters. The van der Waals surface area contributed by atoms with Gasteiger partial charge in [0.2, 0.25) is 0 Å². The molecule has 10 heteroatoms. The highest BCUT2D eigenvalue weighted by Gasteiger charge is 2.27. The van der Waals surface area contributed by atoms with E-state index >= 15 is 0 Å². The summed E-state index contributed by atoms with van der Waals surface area (Å²) in [6, 6.07) is 2.87. The first kappa shape index (κ1) is 20.6. The summed E-state index contributed by atoms with van der Waals surface area (Å²) >= 11 is 0. The van der Waals surface area contributed by atoms with E-state index in [1.54, 1.807) is 20.8 Å². The van der Waals surface area contributed by atoms with E-state index in [4.69, 9.17) is 4.74 Å². The Morgan fingerprint density at radius 2 is 1.84 bits per heavy atom. The minimum absolute atomic E-state index is 0.227. The van der Waals surface area contributed by atoms with Crippen molar-refractivity contribution in [1.82, 2.24) is 5.32 Å². The Balaban J connectivity index is 3.05. The van der Waals surface area contributed by atoms with Crippen molar-refractivity contribution in [3.8, 4) is 0 Å². The number of nitro groups is 1. The van der Waals surface area contributed by atoms with Gasteiger partial charge in [-0.25, -0.2) is 13.2 Å². The van der Waals surface area contributed by atoms with Gasteiger partial charge < -0.3 is 10.1 Å². The normalized spacial score (nSPS) is 13.0. The van der Waals surface area contributed by atoms with Gasteiger partial charge in [0.15, 0.2) is 15.9 Å². The van der Waals surface area contributed by atoms with Crippen LogP contribution in [0.1, 0.15) is 38.1 Å². The summed E-state index contributed by atoms with van der Waals surface area (Å²) in [5, 5.41) is 13.7. The maximum absolute atomic E-state index is 12.1. The molecule has 0 aromatic heterocycles. The van der Waals surface area contributed by atoms with Crippen LogP contribution in [0.25, 0.3) is 0 Å². The van der Waals surface area contributed by atoms with Crippen LogP contribution in [0.3, 0.4) is 0 Å². The van der Waals surface area contributed by atoms with Crippen molar-refractivity contribution in [3.63, 3.8) is 0 Å². The highest BCUT2D eigenvalue weighted by molar-refractivity contribution is 7.90. The fraction of sp³-hybridized carbons (Fsp3) is 0.467. The minimum atomic E-state index is -3.84. The molecule has 1 aromatic carbocycles. The topological polar surface area (TPSA) is 133 Å². The maximum Gasteiger partial charge on any atom is 0.339 e. The summed E-state index contributed by atoms with van der Waals surface area (Å²) in [6.45, 7) is 6.63. The zero-order chi connectivity index (χ0) is 19.6. The maximum atomic E-state index is 12.1. The van der Waals surface area contributed by atoms with E-state index in [2.05, 4.69) is 5.32 Å². The number of rotatable bonds is 5. The molecule has 0 radical (unpaired) electrons. The van der Waals surface area contributed by atoms with Crippen molar-refractivity contribution < 1.29 is 27.7 Å². The highest BCUT2D eigenvalue weighted by atomic mass is 32.2. The molecule has 1 rings (SSSR count). The summed E-state index contributed by atoms with van der Waals surface area (Å²) in [5.41, 5.74) is -1.48. The molecule has 25 heavy (non-hydrogen) atoms. The van der Waals surface area contributed by atoms with E-state index in [9.17, 15) is 28.1 Å². The molecule has 1 amide bonds. The van der Waals surface area contributed by atoms with E-state index in [-0.39, 0.29) is 5.56 Å². The van der Waals surface area contributed by atoms with E-state index < -0.39 is 48.9 Å². The number of hydrogen-bond acceptors (Lipinski definition) is 7. The molecule has 1 aromatic rings. The lowest BCUT2D eigenvalue weighted by Gasteiger charge is -2.23. The smallest absolute Gasteiger partial charge is 0.339 e. The monoisotopic (exact) mass is 372 g/mol. The Kier molecular flexibility index (Phi) is 5.90. The lowest BCUT2D eigenvalue weighted by molar-refractivity contribution is -0.387. The van der Waals surface area contributed by atoms with E-state index in [1.807, 2.05) is 0 Å². The second-order valence-electron chi connectivity index (χ2n) is 6.50. The SMILES string of the molecule is C[C@@H](OC(=O)c1ccc(S(C)(=O)=O)c([N+](=O)[O-])c1)C(=O)NC(C)(C)C. The first-order chi connectivity index (χ1) is 11.2. The number of sulfone groups is 1. The third kappa shape index (κ3) is 5.82. The predicted octanol–water partition coefficient (Wildman–Crippen LogP) is 1.46. The van der Waals surface area contributed by atoms with Crippen molar-refractivity contribution in [1.29, 1.82) is 0 Å². The Morgan fingerprint density at radius 1 is 1.28 bits per heavy atom. The van der Waals surface area contributed by atoms with Gasteiger partial charge in [0.1, 0.15) is 4.90 Å². The van der Waals surface area contributed by atoms with Crippen LogP contribution in [-0.2, 0) is 19.4 Å². The zero-order valence-electron chi connectivity index (χ0n) is 14.5. The number of nitrogens with zero attached hydrogens (tertiary/aromatic N) is 1. The number of nitro benzene ring substituents is 1. The number of nitrogens with one attached hydrogen (secondary N) is 1. The number of carbonyl (C=O) groups is 2. The molecule has 1 N–H and O–H groups in total. The van der Waals surface area contributed by atoms with Gasteiger partial charge in [-0.15, -0.1) is 0 Å². The lowest BCUT2D eigenvalue weighted by Crippen LogP contribution is -2.46. The van der Waals surface area contributed by atoms with Crippen LogP contribution >= 0.6 is 0 Å². The van der Waals surface area contributed by atoms with Crippen molar-refractivity contribution in [3.05, 3.63) is 33.9 Å². The second-order valence-corrected chi connectivity index (χ2v) is 8.48. The van der Waals surface area contributed by atoms with Gasteiger partial charge in [0, 0.05) is 17.9 Å². The molecule has 0 saturated heterocycles. The summed E-state index contributed by atoms with van der Waals surface area (Å²) in [4.78, 5) is 33.6. The molecule has 0 aliphatic rings. The molecule has 0 fully saturated rings. The van der Waals surface area contributed by atoms with E-state index in [0.717, 1.165) is 24.5 Å². The fourth-order valence-corrected chi connectivity index (χ4v) is 2.68. The average molecular weight is 372 g/mol. The third-order valence-corrected chi connectivity index (χ3v) is 4.09. The number of hydrogen-bond donors (Lipinski definition) is 1. The first-order valence-electron chi connectivity index (χ1n) is 7.24. The van der Waals surface area contributed by atoms with Gasteiger partial charge in [-0.05, 0) is 39.8 Å². The number of esters is 1. The van der Waals surface area contributed by atoms with Gasteiger partial charge in [-0.3, -0.25) is 14.9 Å². The van der Waals surface area contributed by atoms with Gasteiger partial charge in [-0.1, -0.05) is 0 Å². The van der Waals surface area contributed by atoms with Gasteiger partial charge in [0.05, 0.1) is 10.5 Å². The van der Waals surface area contributed by atoms with Crippen LogP contribution in [0, 0.1) is 10.1 Å². The van der Waals surface area contributed by atoms with Crippen LogP contribution in [-0.4, -0.2) is 43.1 Å². The van der Waals surface area contributed by atoms with Crippen LogP contribution in [0.2, 0.25) is 0 Å². The van der Waals surface area contributed by atoms with Crippen LogP contribution in [0.15, 0.2) is 23.1 Å². The fourth-order valence-electron chi connectivity index (χ4n) is 1.85. The van der Waals surface area contributed by atoms with Crippen LogP contribution < -0.4 is 5.32 Å². The van der Waals surface area contributed by atoms with Crippen LogP contribution in [0.4, 0.5) is 5.69 Å². The Bertz CT molecular complexity index is 810. The largest absolute Gasteiger partial charge is 0.449 e. The first-order valence-corrected chi connectivity index (χ1v) is 9.13. The highest BCUT2D eigenvalue weighted by Crippen LogP contribution is 2.25. The molecule has 0 saturated carbocycles. The number of carbonyl (C=O) groups excluding carboxylic acids is 2. The zero-order valence-corrected chi connectivity index (χ0v) is 15.3. The van der Waals surface area contributed by atoms with Crippen molar-refractivity contribution in [2.45, 2.75) is 44.2 Å². The standard InChI is InChI=1S/C15H20N2O7S/c1-9(13(18)16-15(2,3)4)24-14(19)10-6-7-12(25(5,22)23)11(8-10)17(20)21/h6-9H,1-5H3,(H,16,18)/t9-/m1/s1. The third-order valence-electron chi connectivity index (χ3n) is 2.94. The molecule has 0 aliphatic heterocycles. The molecular formula is C15H20N2O7S. The minimum Gasteiger partial charge on any atom is -0.449 e. The Labute approximate surface area is 145 Å². The van der Waals surface area contributed by atoms with Crippen molar-refractivity contribution >= 4 is 27.4 Å². The van der Waals surface area contributed by atoms with Crippen LogP contribution in [0.5, 0.6) is 0 Å². The van der Waals surface area contributed by atoms with Crippen molar-refractivity contribution in [2.75, 3.05) is 6.26 Å². The van der Waals surface area contributed by atoms with Crippen molar-refractivity contribution in [2.24, 2.45) is 0 Å². The lowest BCUT2D eigenvalue weighted by atomic mass is 10.1. The molecule has 9 nitrogen and oxygen atoms in total.